The van der Waals surface area contributed by atoms with E-state index >= 15 is 0 Å². The smallest absolute Gasteiger partial charge is 0.305 e. The summed E-state index contributed by atoms with van der Waals surface area (Å²) in [4.78, 5) is 24.4. The summed E-state index contributed by atoms with van der Waals surface area (Å²) in [5.41, 5.74) is 0. The fourth-order valence-corrected chi connectivity index (χ4v) is 5.93. The molecule has 0 saturated heterocycles. The molecule has 0 bridgehead atoms. The van der Waals surface area contributed by atoms with E-state index in [0.717, 1.165) is 38.5 Å². The number of unbranched alkanes of at least 4 members (excludes halogenated alkanes) is 20. The van der Waals surface area contributed by atoms with Crippen LogP contribution in [0.25, 0.3) is 0 Å². The molecule has 0 fully saturated rings. The van der Waals surface area contributed by atoms with Crippen molar-refractivity contribution in [3.05, 3.63) is 12.2 Å². The number of aliphatic hydroxyl groups excluding tert-OH is 2. The molecule has 0 amide bonds. The van der Waals surface area contributed by atoms with Crippen LogP contribution in [0.2, 0.25) is 0 Å². The number of ketones is 1. The maximum atomic E-state index is 12.8. The zero-order chi connectivity index (χ0) is 32.4. The first-order valence-corrected chi connectivity index (χ1v) is 19.1. The average molecular weight is 623 g/mol. The van der Waals surface area contributed by atoms with Crippen LogP contribution in [-0.4, -0.2) is 41.3 Å². The minimum absolute atomic E-state index is 0.127. The number of Topliss-reactive ketones (excluding diaryl/α,β-unsaturated/α-hetero) is 1. The minimum atomic E-state index is -0.981. The first kappa shape index (κ1) is 42.8. The first-order valence-electron chi connectivity index (χ1n) is 19.1. The summed E-state index contributed by atoms with van der Waals surface area (Å²) < 4.78 is 4.94. The molecule has 5 nitrogen and oxygen atoms in total. The predicted octanol–water partition coefficient (Wildman–Crippen LogP) is 11.0. The molecule has 0 aliphatic rings. The number of allylic oxidation sites excluding steroid dienone is 2. The molecule has 260 valence electrons. The predicted molar refractivity (Wildman–Crippen MR) is 187 cm³/mol. The number of aliphatic hydroxyl groups is 2. The van der Waals surface area contributed by atoms with Crippen LogP contribution in [0.5, 0.6) is 0 Å². The molecule has 5 heteroatoms. The lowest BCUT2D eigenvalue weighted by molar-refractivity contribution is -0.147. The Kier molecular flexibility index (Phi) is 33.7. The van der Waals surface area contributed by atoms with Crippen molar-refractivity contribution in [1.82, 2.24) is 0 Å². The Morgan fingerprint density at radius 2 is 1.02 bits per heavy atom. The van der Waals surface area contributed by atoms with E-state index in [9.17, 15) is 14.7 Å². The molecule has 0 aliphatic heterocycles. The van der Waals surface area contributed by atoms with Crippen LogP contribution in [0, 0.1) is 5.92 Å². The molecule has 44 heavy (non-hydrogen) atoms. The molecule has 0 saturated carbocycles. The Morgan fingerprint density at radius 1 is 0.591 bits per heavy atom. The standard InChI is InChI=1S/C39H74O5/c1-3-5-7-9-10-11-12-13-14-15-16-17-20-23-27-31-37(41)33-36(29-25-8-6-4-2)30-26-22-19-18-21-24-28-32-39(43)44-35-38(42)34-40/h13-14,36,38,40,42H,3-12,15-35H2,1-2H3/b14-13-. The quantitative estimate of drug-likeness (QED) is 0.0417. The molecule has 0 aromatic rings. The second-order valence-electron chi connectivity index (χ2n) is 13.3. The van der Waals surface area contributed by atoms with Crippen molar-refractivity contribution in [2.45, 2.75) is 206 Å². The Bertz CT molecular complexity index is 646. The van der Waals surface area contributed by atoms with Gasteiger partial charge in [-0.1, -0.05) is 154 Å². The van der Waals surface area contributed by atoms with Gasteiger partial charge in [-0.15, -0.1) is 0 Å². The Balaban J connectivity index is 3.88. The number of hydrogen-bond acceptors (Lipinski definition) is 5. The van der Waals surface area contributed by atoms with Gasteiger partial charge in [0.25, 0.3) is 0 Å². The molecule has 0 radical (unpaired) electrons. The van der Waals surface area contributed by atoms with Gasteiger partial charge in [0.1, 0.15) is 18.5 Å². The average Bonchev–Trinajstić information content (AvgIpc) is 3.02. The molecule has 2 N–H and O–H groups in total. The molecule has 0 spiro atoms. The van der Waals surface area contributed by atoms with Crippen LogP contribution in [-0.2, 0) is 14.3 Å². The minimum Gasteiger partial charge on any atom is -0.463 e. The van der Waals surface area contributed by atoms with Crippen molar-refractivity contribution >= 4 is 11.8 Å². The summed E-state index contributed by atoms with van der Waals surface area (Å²) in [5.74, 6) is 0.764. The van der Waals surface area contributed by atoms with Gasteiger partial charge >= 0.3 is 5.97 Å². The van der Waals surface area contributed by atoms with Gasteiger partial charge in [0.05, 0.1) is 6.61 Å². The van der Waals surface area contributed by atoms with Gasteiger partial charge in [-0.3, -0.25) is 9.59 Å². The number of ether oxygens (including phenoxy) is 1. The van der Waals surface area contributed by atoms with Gasteiger partial charge < -0.3 is 14.9 Å². The van der Waals surface area contributed by atoms with Crippen LogP contribution < -0.4 is 0 Å². The molecule has 0 aromatic heterocycles. The summed E-state index contributed by atoms with van der Waals surface area (Å²) in [6, 6.07) is 0. The third-order valence-electron chi connectivity index (χ3n) is 8.84. The van der Waals surface area contributed by atoms with E-state index in [1.165, 1.54) is 141 Å². The van der Waals surface area contributed by atoms with Gasteiger partial charge in [0.2, 0.25) is 0 Å². The molecule has 0 aromatic carbocycles. The number of esters is 1. The number of hydrogen-bond donors (Lipinski definition) is 2. The lowest BCUT2D eigenvalue weighted by Crippen LogP contribution is -2.21. The van der Waals surface area contributed by atoms with Gasteiger partial charge in [0.15, 0.2) is 0 Å². The Hall–Kier alpha value is -1.20. The highest BCUT2D eigenvalue weighted by Crippen LogP contribution is 2.23. The van der Waals surface area contributed by atoms with Crippen LogP contribution in [0.4, 0.5) is 0 Å². The van der Waals surface area contributed by atoms with E-state index in [0.29, 0.717) is 18.1 Å². The SMILES string of the molecule is CCCCCCCC/C=C\CCCCCCCC(=O)CC(CCCCCC)CCCCCCCCCC(=O)OCC(O)CO. The van der Waals surface area contributed by atoms with Gasteiger partial charge in [0, 0.05) is 19.3 Å². The normalized spacial score (nSPS) is 13.0. The highest BCUT2D eigenvalue weighted by Gasteiger charge is 2.14. The van der Waals surface area contributed by atoms with E-state index < -0.39 is 6.10 Å². The van der Waals surface area contributed by atoms with Gasteiger partial charge in [-0.25, -0.2) is 0 Å². The number of rotatable bonds is 35. The van der Waals surface area contributed by atoms with Gasteiger partial charge in [-0.2, -0.15) is 0 Å². The lowest BCUT2D eigenvalue weighted by Gasteiger charge is -2.16. The molecule has 2 unspecified atom stereocenters. The molecule has 0 aliphatic carbocycles. The van der Waals surface area contributed by atoms with Crippen molar-refractivity contribution in [3.63, 3.8) is 0 Å². The number of carbonyl (C=O) groups is 2. The van der Waals surface area contributed by atoms with Crippen LogP contribution in [0.15, 0.2) is 12.2 Å². The Labute approximate surface area is 273 Å². The van der Waals surface area contributed by atoms with Crippen LogP contribution in [0.3, 0.4) is 0 Å². The summed E-state index contributed by atoms with van der Waals surface area (Å²) in [7, 11) is 0. The largest absolute Gasteiger partial charge is 0.463 e. The summed E-state index contributed by atoms with van der Waals surface area (Å²) in [6.45, 7) is 4.01. The molecule has 0 rings (SSSR count). The van der Waals surface area contributed by atoms with Crippen molar-refractivity contribution in [2.75, 3.05) is 13.2 Å². The zero-order valence-electron chi connectivity index (χ0n) is 29.3. The van der Waals surface area contributed by atoms with Crippen molar-refractivity contribution in [2.24, 2.45) is 5.92 Å². The fourth-order valence-electron chi connectivity index (χ4n) is 5.93. The summed E-state index contributed by atoms with van der Waals surface area (Å²) in [5, 5.41) is 18.0. The third kappa shape index (κ3) is 32.2. The van der Waals surface area contributed by atoms with E-state index in [1.54, 1.807) is 0 Å². The molecule has 2 atom stereocenters. The van der Waals surface area contributed by atoms with E-state index in [-0.39, 0.29) is 19.2 Å². The fraction of sp³-hybridized carbons (Fsp3) is 0.897. The van der Waals surface area contributed by atoms with Crippen molar-refractivity contribution in [1.29, 1.82) is 0 Å². The second-order valence-corrected chi connectivity index (χ2v) is 13.3. The lowest BCUT2D eigenvalue weighted by atomic mass is 9.89. The van der Waals surface area contributed by atoms with E-state index in [2.05, 4.69) is 26.0 Å². The highest BCUT2D eigenvalue weighted by molar-refractivity contribution is 5.78. The highest BCUT2D eigenvalue weighted by atomic mass is 16.5. The number of carbonyl (C=O) groups excluding carboxylic acids is 2. The maximum absolute atomic E-state index is 12.8. The monoisotopic (exact) mass is 623 g/mol. The summed E-state index contributed by atoms with van der Waals surface area (Å²) in [6.07, 6.45) is 37.9. The van der Waals surface area contributed by atoms with Crippen molar-refractivity contribution < 1.29 is 24.5 Å². The molecular weight excluding hydrogens is 548 g/mol. The Morgan fingerprint density at radius 3 is 1.55 bits per heavy atom. The topological polar surface area (TPSA) is 83.8 Å². The maximum Gasteiger partial charge on any atom is 0.305 e. The van der Waals surface area contributed by atoms with E-state index in [1.807, 2.05) is 0 Å². The molecule has 0 heterocycles. The zero-order valence-corrected chi connectivity index (χ0v) is 29.3. The first-order chi connectivity index (χ1) is 21.5. The molecular formula is C39H74O5. The van der Waals surface area contributed by atoms with Crippen LogP contribution >= 0.6 is 0 Å². The van der Waals surface area contributed by atoms with Crippen molar-refractivity contribution in [3.8, 4) is 0 Å². The van der Waals surface area contributed by atoms with Crippen LogP contribution in [0.1, 0.15) is 200 Å². The van der Waals surface area contributed by atoms with E-state index in [4.69, 9.17) is 9.84 Å². The van der Waals surface area contributed by atoms with Gasteiger partial charge in [-0.05, 0) is 44.4 Å². The third-order valence-corrected chi connectivity index (χ3v) is 8.84. The second kappa shape index (κ2) is 34.7. The summed E-state index contributed by atoms with van der Waals surface area (Å²) >= 11 is 0.